The van der Waals surface area contributed by atoms with Gasteiger partial charge in [0, 0.05) is 0 Å². The summed E-state index contributed by atoms with van der Waals surface area (Å²) >= 11 is 0. The van der Waals surface area contributed by atoms with Gasteiger partial charge in [0.15, 0.2) is 30.2 Å². The van der Waals surface area contributed by atoms with Crippen LogP contribution in [0.4, 0.5) is 5.95 Å². The van der Waals surface area contributed by atoms with Crippen LogP contribution < -0.4 is 20.7 Å². The number of nitrogen functional groups attached to an aromatic ring is 1. The van der Waals surface area contributed by atoms with Crippen molar-refractivity contribution in [2.24, 2.45) is 0 Å². The lowest BCUT2D eigenvalue weighted by molar-refractivity contribution is 0.0833. The average molecular weight is 418 g/mol. The first kappa shape index (κ1) is 19.8. The Bertz CT molecular complexity index is 1300. The SMILES string of the molecule is N=c1c2[nH]c(C(=O)COc3ccccc3)nc2nc(N)n1C(=O)COc1ccccc1. The van der Waals surface area contributed by atoms with Crippen LogP contribution in [0.3, 0.4) is 0 Å². The average Bonchev–Trinajstić information content (AvgIpc) is 3.22. The Hall–Kier alpha value is -4.47. The number of carbonyl (C=O) groups excluding carboxylic acids is 2. The van der Waals surface area contributed by atoms with Crippen molar-refractivity contribution in [3.05, 3.63) is 72.0 Å². The molecule has 0 fully saturated rings. The van der Waals surface area contributed by atoms with Gasteiger partial charge in [0.2, 0.25) is 11.7 Å². The zero-order valence-electron chi connectivity index (χ0n) is 16.2. The number of rotatable bonds is 7. The topological polar surface area (TPSA) is 149 Å². The number of hydrogen-bond acceptors (Lipinski definition) is 8. The van der Waals surface area contributed by atoms with Gasteiger partial charge in [0.25, 0.3) is 5.91 Å². The summed E-state index contributed by atoms with van der Waals surface area (Å²) < 4.78 is 11.8. The summed E-state index contributed by atoms with van der Waals surface area (Å²) in [6, 6.07) is 17.6. The molecule has 2 heterocycles. The first-order valence-corrected chi connectivity index (χ1v) is 9.28. The Morgan fingerprint density at radius 1 is 0.935 bits per heavy atom. The zero-order valence-corrected chi connectivity index (χ0v) is 16.2. The number of benzene rings is 2. The normalized spacial score (nSPS) is 10.7. The number of Topliss-reactive ketones (excluding diaryl/α,β-unsaturated/α-hetero) is 1. The summed E-state index contributed by atoms with van der Waals surface area (Å²) in [6.07, 6.45) is 0. The molecule has 2 aromatic carbocycles. The molecule has 0 radical (unpaired) electrons. The van der Waals surface area contributed by atoms with Gasteiger partial charge in [0.05, 0.1) is 0 Å². The molecular formula is C21H18N6O4. The highest BCUT2D eigenvalue weighted by Crippen LogP contribution is 2.12. The second kappa shape index (κ2) is 8.49. The van der Waals surface area contributed by atoms with E-state index in [-0.39, 0.29) is 41.6 Å². The Morgan fingerprint density at radius 3 is 2.13 bits per heavy atom. The summed E-state index contributed by atoms with van der Waals surface area (Å²) in [5.41, 5.74) is 5.75. The van der Waals surface area contributed by atoms with Crippen molar-refractivity contribution in [2.75, 3.05) is 18.9 Å². The van der Waals surface area contributed by atoms with Crippen LogP contribution in [0.25, 0.3) is 11.2 Å². The summed E-state index contributed by atoms with van der Waals surface area (Å²) in [6.45, 7) is -0.598. The first-order chi connectivity index (χ1) is 15.0. The van der Waals surface area contributed by atoms with Gasteiger partial charge in [-0.3, -0.25) is 15.0 Å². The van der Waals surface area contributed by atoms with Gasteiger partial charge in [-0.2, -0.15) is 4.98 Å². The van der Waals surface area contributed by atoms with Gasteiger partial charge < -0.3 is 20.2 Å². The lowest BCUT2D eigenvalue weighted by Crippen LogP contribution is -2.33. The number of hydrogen-bond donors (Lipinski definition) is 3. The maximum Gasteiger partial charge on any atom is 0.273 e. The summed E-state index contributed by atoms with van der Waals surface area (Å²) in [4.78, 5) is 35.9. The van der Waals surface area contributed by atoms with Crippen molar-refractivity contribution < 1.29 is 19.1 Å². The molecule has 10 nitrogen and oxygen atoms in total. The number of anilines is 1. The molecule has 4 aromatic rings. The molecule has 0 aliphatic rings. The number of nitrogens with one attached hydrogen (secondary N) is 2. The van der Waals surface area contributed by atoms with E-state index in [1.165, 1.54) is 0 Å². The van der Waals surface area contributed by atoms with Crippen LogP contribution >= 0.6 is 0 Å². The highest BCUT2D eigenvalue weighted by molar-refractivity contribution is 5.96. The third kappa shape index (κ3) is 4.27. The van der Waals surface area contributed by atoms with E-state index in [9.17, 15) is 9.59 Å². The second-order valence-electron chi connectivity index (χ2n) is 6.46. The predicted octanol–water partition coefficient (Wildman–Crippen LogP) is 1.80. The number of ketones is 1. The standard InChI is InChI=1S/C21H18N6O4/c22-18-17-20(25-19(24-17)15(28)11-30-13-7-3-1-4-8-13)26-21(23)27(18)16(29)12-31-14-9-5-2-6-10-14/h1-10,22H,11-12H2,(H2,23,26)(H,24,25). The number of nitrogens with zero attached hydrogens (tertiary/aromatic N) is 3. The van der Waals surface area contributed by atoms with Gasteiger partial charge >= 0.3 is 0 Å². The predicted molar refractivity (Wildman–Crippen MR) is 111 cm³/mol. The highest BCUT2D eigenvalue weighted by Gasteiger charge is 2.19. The molecule has 31 heavy (non-hydrogen) atoms. The molecule has 0 aliphatic heterocycles. The van der Waals surface area contributed by atoms with Crippen LogP contribution in [0.15, 0.2) is 60.7 Å². The lowest BCUT2D eigenvalue weighted by atomic mass is 10.3. The highest BCUT2D eigenvalue weighted by atomic mass is 16.5. The Balaban J connectivity index is 1.54. The molecule has 156 valence electrons. The van der Waals surface area contributed by atoms with E-state index in [1.807, 2.05) is 12.1 Å². The maximum absolute atomic E-state index is 12.6. The quantitative estimate of drug-likeness (QED) is 0.387. The van der Waals surface area contributed by atoms with E-state index in [2.05, 4.69) is 15.0 Å². The number of fused-ring (bicyclic) bond motifs is 1. The van der Waals surface area contributed by atoms with Crippen molar-refractivity contribution >= 4 is 28.8 Å². The molecule has 0 unspecified atom stereocenters. The third-order valence-corrected chi connectivity index (χ3v) is 4.33. The number of imidazole rings is 1. The number of para-hydroxylation sites is 2. The lowest BCUT2D eigenvalue weighted by Gasteiger charge is -2.09. The fourth-order valence-corrected chi connectivity index (χ4v) is 2.84. The Morgan fingerprint density at radius 2 is 1.52 bits per heavy atom. The van der Waals surface area contributed by atoms with Crippen LogP contribution in [-0.2, 0) is 0 Å². The Labute approximate surface area is 175 Å². The van der Waals surface area contributed by atoms with Gasteiger partial charge in [-0.15, -0.1) is 0 Å². The summed E-state index contributed by atoms with van der Waals surface area (Å²) in [5.74, 6) is -0.260. The van der Waals surface area contributed by atoms with E-state index >= 15 is 0 Å². The number of H-pyrrole nitrogens is 1. The van der Waals surface area contributed by atoms with Gasteiger partial charge in [0.1, 0.15) is 17.0 Å². The Kier molecular flexibility index (Phi) is 5.43. The van der Waals surface area contributed by atoms with Gasteiger partial charge in [-0.1, -0.05) is 36.4 Å². The number of nitrogens with two attached hydrogens (primary N) is 1. The van der Waals surface area contributed by atoms with Gasteiger partial charge in [-0.05, 0) is 24.3 Å². The first-order valence-electron chi connectivity index (χ1n) is 9.28. The second-order valence-corrected chi connectivity index (χ2v) is 6.46. The van der Waals surface area contributed by atoms with Crippen molar-refractivity contribution in [3.8, 4) is 11.5 Å². The van der Waals surface area contributed by atoms with Crippen LogP contribution in [0.1, 0.15) is 15.4 Å². The number of ether oxygens (including phenoxy) is 2. The molecule has 0 bridgehead atoms. The molecule has 0 saturated carbocycles. The van der Waals surface area contributed by atoms with Crippen molar-refractivity contribution in [2.45, 2.75) is 0 Å². The molecule has 0 spiro atoms. The molecule has 0 saturated heterocycles. The van der Waals surface area contributed by atoms with Crippen LogP contribution in [0.2, 0.25) is 0 Å². The van der Waals surface area contributed by atoms with E-state index in [0.717, 1.165) is 4.57 Å². The number of carbonyl (C=O) groups is 2. The maximum atomic E-state index is 12.6. The number of aromatic nitrogens is 4. The van der Waals surface area contributed by atoms with Crippen molar-refractivity contribution in [1.29, 1.82) is 5.41 Å². The van der Waals surface area contributed by atoms with Crippen molar-refractivity contribution in [3.63, 3.8) is 0 Å². The van der Waals surface area contributed by atoms with Crippen LogP contribution in [0, 0.1) is 5.41 Å². The largest absolute Gasteiger partial charge is 0.485 e. The smallest absolute Gasteiger partial charge is 0.273 e. The molecule has 4 N–H and O–H groups in total. The van der Waals surface area contributed by atoms with E-state index in [4.69, 9.17) is 20.6 Å². The monoisotopic (exact) mass is 418 g/mol. The molecular weight excluding hydrogens is 400 g/mol. The van der Waals surface area contributed by atoms with E-state index < -0.39 is 11.7 Å². The molecule has 10 heteroatoms. The minimum absolute atomic E-state index is 0.0444. The molecule has 0 aliphatic carbocycles. The fourth-order valence-electron chi connectivity index (χ4n) is 2.84. The van der Waals surface area contributed by atoms with Gasteiger partial charge in [-0.25, -0.2) is 9.55 Å². The summed E-state index contributed by atoms with van der Waals surface area (Å²) in [5, 5.41) is 8.34. The molecule has 4 rings (SSSR count). The number of aromatic amines is 1. The van der Waals surface area contributed by atoms with Crippen LogP contribution in [0.5, 0.6) is 11.5 Å². The molecule has 0 amide bonds. The van der Waals surface area contributed by atoms with E-state index in [1.54, 1.807) is 48.5 Å². The van der Waals surface area contributed by atoms with E-state index in [0.29, 0.717) is 11.5 Å². The van der Waals surface area contributed by atoms with Crippen LogP contribution in [-0.4, -0.2) is 44.4 Å². The third-order valence-electron chi connectivity index (χ3n) is 4.33. The minimum Gasteiger partial charge on any atom is -0.485 e. The zero-order chi connectivity index (χ0) is 21.8. The van der Waals surface area contributed by atoms with Crippen molar-refractivity contribution in [1.82, 2.24) is 19.5 Å². The fraction of sp³-hybridized carbons (Fsp3) is 0.0952. The minimum atomic E-state index is -0.587. The summed E-state index contributed by atoms with van der Waals surface area (Å²) in [7, 11) is 0. The molecule has 0 atom stereocenters. The molecule has 2 aromatic heterocycles.